The molecule has 0 aliphatic heterocycles. The van der Waals surface area contributed by atoms with Crippen LogP contribution in [0, 0.1) is 0 Å². The van der Waals surface area contributed by atoms with E-state index in [1.165, 1.54) is 15.9 Å². The molecule has 0 saturated carbocycles. The smallest absolute Gasteiger partial charge is 0.343 e. The Morgan fingerprint density at radius 2 is 0.811 bits per heavy atom. The predicted octanol–water partition coefficient (Wildman–Crippen LogP) is 3.84. The maximum Gasteiger partial charge on any atom is 0.343 e. The lowest BCUT2D eigenvalue weighted by Crippen LogP contribution is -3.00. The molecule has 0 radical (unpaired) electrons. The molecule has 0 amide bonds. The summed E-state index contributed by atoms with van der Waals surface area (Å²) in [7, 11) is -2.36. The van der Waals surface area contributed by atoms with Crippen molar-refractivity contribution >= 4 is 34.9 Å². The summed E-state index contributed by atoms with van der Waals surface area (Å²) in [4.78, 5) is 13.3. The van der Waals surface area contributed by atoms with Crippen molar-refractivity contribution in [1.82, 2.24) is 0 Å². The highest BCUT2D eigenvalue weighted by molar-refractivity contribution is 7.98. The minimum absolute atomic E-state index is 0. The SMILES string of the molecule is O=C(O/C(=C/[P+](c1ccccc1)(c1ccccc1)c1ccccc1)c1ccccc1)c1ccccc1.[Br-]. The highest BCUT2D eigenvalue weighted by Crippen LogP contribution is 2.58. The number of halogens is 1. The fourth-order valence-corrected chi connectivity index (χ4v) is 8.15. The summed E-state index contributed by atoms with van der Waals surface area (Å²) in [6.07, 6.45) is 0. The van der Waals surface area contributed by atoms with Crippen LogP contribution in [-0.2, 0) is 4.74 Å². The van der Waals surface area contributed by atoms with Crippen LogP contribution in [0.5, 0.6) is 0 Å². The van der Waals surface area contributed by atoms with Crippen molar-refractivity contribution in [2.75, 3.05) is 0 Å². The third kappa shape index (κ3) is 5.80. The van der Waals surface area contributed by atoms with Crippen LogP contribution in [0.2, 0.25) is 0 Å². The summed E-state index contributed by atoms with van der Waals surface area (Å²) in [5.74, 6) is 2.37. The van der Waals surface area contributed by atoms with E-state index in [1.807, 2.05) is 66.7 Å². The summed E-state index contributed by atoms with van der Waals surface area (Å²) >= 11 is 0. The first kappa shape index (κ1) is 26.3. The van der Waals surface area contributed by atoms with Gasteiger partial charge in [0.25, 0.3) is 0 Å². The number of carbonyl (C=O) groups excluding carboxylic acids is 1. The van der Waals surface area contributed by atoms with Crippen LogP contribution < -0.4 is 32.9 Å². The molecule has 2 nitrogen and oxygen atoms in total. The minimum atomic E-state index is -2.36. The Morgan fingerprint density at radius 1 is 0.486 bits per heavy atom. The quantitative estimate of drug-likeness (QED) is 0.170. The minimum Gasteiger partial charge on any atom is -1.00 e. The van der Waals surface area contributed by atoms with Crippen LogP contribution >= 0.6 is 7.26 Å². The highest BCUT2D eigenvalue weighted by atomic mass is 79.9. The lowest BCUT2D eigenvalue weighted by molar-refractivity contribution is -0.0000209. The van der Waals surface area contributed by atoms with Gasteiger partial charge in [-0.25, -0.2) is 4.79 Å². The fourth-order valence-electron chi connectivity index (χ4n) is 4.33. The molecule has 5 aromatic rings. The van der Waals surface area contributed by atoms with Gasteiger partial charge < -0.3 is 21.7 Å². The zero-order chi connectivity index (χ0) is 24.6. The van der Waals surface area contributed by atoms with Gasteiger partial charge in [-0.2, -0.15) is 0 Å². The van der Waals surface area contributed by atoms with Gasteiger partial charge in [0.1, 0.15) is 29.0 Å². The predicted molar refractivity (Wildman–Crippen MR) is 151 cm³/mol. The molecule has 0 aliphatic carbocycles. The first-order valence-corrected chi connectivity index (χ1v) is 13.7. The maximum atomic E-state index is 13.3. The molecule has 5 rings (SSSR count). The molecule has 0 heterocycles. The van der Waals surface area contributed by atoms with E-state index in [2.05, 4.69) is 78.6 Å². The molecule has 0 N–H and O–H groups in total. The molecule has 0 spiro atoms. The van der Waals surface area contributed by atoms with Gasteiger partial charge in [0.05, 0.1) is 5.56 Å². The normalized spacial score (nSPS) is 11.3. The average molecular weight is 565 g/mol. The van der Waals surface area contributed by atoms with Crippen molar-refractivity contribution in [3.63, 3.8) is 0 Å². The Hall–Kier alpha value is -3.78. The third-order valence-electron chi connectivity index (χ3n) is 6.07. The molecular formula is C33H26BrO2P. The van der Waals surface area contributed by atoms with Crippen molar-refractivity contribution in [1.29, 1.82) is 0 Å². The van der Waals surface area contributed by atoms with Crippen LogP contribution in [-0.4, -0.2) is 5.97 Å². The van der Waals surface area contributed by atoms with E-state index in [9.17, 15) is 4.79 Å². The molecule has 5 aromatic carbocycles. The third-order valence-corrected chi connectivity index (χ3v) is 10.0. The van der Waals surface area contributed by atoms with Crippen LogP contribution in [0.1, 0.15) is 15.9 Å². The highest BCUT2D eigenvalue weighted by Gasteiger charge is 2.45. The van der Waals surface area contributed by atoms with E-state index in [0.29, 0.717) is 11.3 Å². The largest absolute Gasteiger partial charge is 1.00 e. The van der Waals surface area contributed by atoms with Gasteiger partial charge in [-0.3, -0.25) is 0 Å². The van der Waals surface area contributed by atoms with Crippen LogP contribution in [0.15, 0.2) is 157 Å². The molecule has 0 fully saturated rings. The van der Waals surface area contributed by atoms with Crippen molar-refractivity contribution in [2.45, 2.75) is 0 Å². The summed E-state index contributed by atoms with van der Waals surface area (Å²) in [6, 6.07) is 50.6. The molecule has 0 unspecified atom stereocenters. The summed E-state index contributed by atoms with van der Waals surface area (Å²) in [6.45, 7) is 0. The van der Waals surface area contributed by atoms with Crippen LogP contribution in [0.4, 0.5) is 0 Å². The Bertz CT molecular complexity index is 1340. The van der Waals surface area contributed by atoms with Crippen LogP contribution in [0.3, 0.4) is 0 Å². The zero-order valence-electron chi connectivity index (χ0n) is 20.2. The molecule has 182 valence electrons. The van der Waals surface area contributed by atoms with Crippen molar-refractivity contribution < 1.29 is 26.5 Å². The van der Waals surface area contributed by atoms with E-state index >= 15 is 0 Å². The number of benzene rings is 5. The van der Waals surface area contributed by atoms with E-state index in [0.717, 1.165) is 5.56 Å². The summed E-state index contributed by atoms with van der Waals surface area (Å²) in [5, 5.41) is 3.56. The van der Waals surface area contributed by atoms with Gasteiger partial charge >= 0.3 is 5.97 Å². The molecule has 37 heavy (non-hydrogen) atoms. The number of ether oxygens (including phenoxy) is 1. The number of hydrogen-bond donors (Lipinski definition) is 0. The van der Waals surface area contributed by atoms with E-state index in [4.69, 9.17) is 4.74 Å². The Kier molecular flexibility index (Phi) is 8.85. The Balaban J connectivity index is 0.00000320. The second-order valence-corrected chi connectivity index (χ2v) is 11.6. The van der Waals surface area contributed by atoms with Crippen LogP contribution in [0.25, 0.3) is 5.76 Å². The first-order valence-electron chi connectivity index (χ1n) is 11.9. The molecule has 0 saturated heterocycles. The summed E-state index contributed by atoms with van der Waals surface area (Å²) in [5.41, 5.74) is 1.37. The molecule has 0 bridgehead atoms. The Morgan fingerprint density at radius 3 is 1.19 bits per heavy atom. The topological polar surface area (TPSA) is 26.3 Å². The number of esters is 1. The van der Waals surface area contributed by atoms with E-state index in [-0.39, 0.29) is 23.0 Å². The molecule has 0 aromatic heterocycles. The van der Waals surface area contributed by atoms with Gasteiger partial charge in [0.15, 0.2) is 5.76 Å². The Labute approximate surface area is 229 Å². The maximum absolute atomic E-state index is 13.3. The number of rotatable bonds is 7. The molecule has 4 heteroatoms. The van der Waals surface area contributed by atoms with Gasteiger partial charge in [0, 0.05) is 5.56 Å². The summed E-state index contributed by atoms with van der Waals surface area (Å²) < 4.78 is 6.19. The van der Waals surface area contributed by atoms with Gasteiger partial charge in [-0.05, 0) is 48.5 Å². The first-order chi connectivity index (χ1) is 17.8. The second kappa shape index (κ2) is 12.5. The monoisotopic (exact) mass is 564 g/mol. The van der Waals surface area contributed by atoms with Gasteiger partial charge in [-0.1, -0.05) is 103 Å². The molecule has 0 atom stereocenters. The number of hydrogen-bond acceptors (Lipinski definition) is 2. The number of carbonyl (C=O) groups is 1. The van der Waals surface area contributed by atoms with Crippen molar-refractivity contribution in [2.24, 2.45) is 0 Å². The molecule has 0 aliphatic rings. The van der Waals surface area contributed by atoms with Crippen molar-refractivity contribution in [3.8, 4) is 0 Å². The molecular weight excluding hydrogens is 539 g/mol. The lowest BCUT2D eigenvalue weighted by Gasteiger charge is -2.25. The standard InChI is InChI=1S/C33H26O2P.BrH/c34-33(28-18-8-2-9-19-28)35-32(27-16-6-1-7-17-27)26-36(29-20-10-3-11-21-29,30-22-12-4-13-23-30)31-24-14-5-15-25-31;/h1-26H;1H/q+1;/p-1/b32-26+;. The second-order valence-electron chi connectivity index (χ2n) is 8.34. The van der Waals surface area contributed by atoms with E-state index in [1.54, 1.807) is 12.1 Å². The van der Waals surface area contributed by atoms with Gasteiger partial charge in [0.2, 0.25) is 0 Å². The van der Waals surface area contributed by atoms with Crippen molar-refractivity contribution in [3.05, 3.63) is 169 Å². The lowest BCUT2D eigenvalue weighted by atomic mass is 10.2. The average Bonchev–Trinajstić information content (AvgIpc) is 2.97. The van der Waals surface area contributed by atoms with E-state index < -0.39 is 7.26 Å². The van der Waals surface area contributed by atoms with Gasteiger partial charge in [-0.15, -0.1) is 0 Å². The fraction of sp³-hybridized carbons (Fsp3) is 0. The zero-order valence-corrected chi connectivity index (χ0v) is 22.6.